The number of para-hydroxylation sites is 2. The normalized spacial score (nSPS) is 13.0. The van der Waals surface area contributed by atoms with Gasteiger partial charge in [0.1, 0.15) is 12.4 Å². The lowest BCUT2D eigenvalue weighted by molar-refractivity contribution is -0.154. The van der Waals surface area contributed by atoms with E-state index in [9.17, 15) is 4.79 Å². The Morgan fingerprint density at radius 2 is 2.07 bits per heavy atom. The summed E-state index contributed by atoms with van der Waals surface area (Å²) < 4.78 is 10.6. The van der Waals surface area contributed by atoms with E-state index in [1.54, 1.807) is 26.1 Å². The molecule has 152 valence electrons. The molecule has 0 amide bonds. The number of oxime groups is 1. The summed E-state index contributed by atoms with van der Waals surface area (Å²) in [6.45, 7) is 7.33. The van der Waals surface area contributed by atoms with E-state index >= 15 is 0 Å². The summed E-state index contributed by atoms with van der Waals surface area (Å²) in [5.41, 5.74) is 2.59. The summed E-state index contributed by atoms with van der Waals surface area (Å²) in [6.07, 6.45) is 10.1. The molecule has 1 unspecified atom stereocenters. The molecule has 7 nitrogen and oxygen atoms in total. The smallest absolute Gasteiger partial charge is 0.347 e. The van der Waals surface area contributed by atoms with Crippen molar-refractivity contribution < 1.29 is 19.1 Å². The van der Waals surface area contributed by atoms with Gasteiger partial charge in [-0.15, -0.1) is 0 Å². The van der Waals surface area contributed by atoms with Crippen LogP contribution in [-0.4, -0.2) is 41.5 Å². The highest BCUT2D eigenvalue weighted by atomic mass is 16.6. The molecule has 0 fully saturated rings. The number of nitrogens with zero attached hydrogens (tertiary/aromatic N) is 3. The number of rotatable bonds is 11. The fourth-order valence-electron chi connectivity index (χ4n) is 2.28. The van der Waals surface area contributed by atoms with Crippen molar-refractivity contribution in [1.29, 1.82) is 0 Å². The molecule has 1 heterocycles. The van der Waals surface area contributed by atoms with Crippen LogP contribution in [0.4, 0.5) is 0 Å². The van der Waals surface area contributed by atoms with Gasteiger partial charge in [0.15, 0.2) is 12.7 Å². The molecule has 0 aliphatic carbocycles. The zero-order valence-electron chi connectivity index (χ0n) is 16.7. The van der Waals surface area contributed by atoms with Gasteiger partial charge in [0.25, 0.3) is 0 Å². The lowest BCUT2D eigenvalue weighted by Crippen LogP contribution is -2.24. The number of benzene rings is 1. The zero-order valence-corrected chi connectivity index (χ0v) is 16.7. The van der Waals surface area contributed by atoms with Crippen LogP contribution < -0.4 is 0 Å². The van der Waals surface area contributed by atoms with Gasteiger partial charge in [0.05, 0.1) is 16.7 Å². The second kappa shape index (κ2) is 12.1. The molecule has 0 saturated carbocycles. The molecule has 0 aliphatic heterocycles. The molecule has 0 radical (unpaired) electrons. The van der Waals surface area contributed by atoms with Crippen molar-refractivity contribution in [3.63, 3.8) is 0 Å². The molecular formula is C22H25N3O4. The lowest BCUT2D eigenvalue weighted by atomic mass is 10.2. The second-order valence-corrected chi connectivity index (χ2v) is 5.88. The van der Waals surface area contributed by atoms with E-state index in [0.717, 1.165) is 16.7 Å². The van der Waals surface area contributed by atoms with Gasteiger partial charge in [0.2, 0.25) is 0 Å². The van der Waals surface area contributed by atoms with E-state index in [0.29, 0.717) is 12.2 Å². The Morgan fingerprint density at radius 1 is 1.28 bits per heavy atom. The minimum Gasteiger partial charge on any atom is -0.479 e. The third-order valence-electron chi connectivity index (χ3n) is 3.67. The first kappa shape index (κ1) is 21.8. The molecule has 0 saturated heterocycles. The quantitative estimate of drug-likeness (QED) is 0.144. The third-order valence-corrected chi connectivity index (χ3v) is 3.67. The molecule has 7 heteroatoms. The lowest BCUT2D eigenvalue weighted by Gasteiger charge is -2.14. The Kier molecular flexibility index (Phi) is 9.08. The Balaban J connectivity index is 1.83. The van der Waals surface area contributed by atoms with Gasteiger partial charge in [0, 0.05) is 18.8 Å². The van der Waals surface area contributed by atoms with Crippen molar-refractivity contribution in [2.24, 2.45) is 5.16 Å². The Morgan fingerprint density at radius 3 is 2.83 bits per heavy atom. The van der Waals surface area contributed by atoms with Gasteiger partial charge >= 0.3 is 5.97 Å². The molecule has 2 aromatic rings. The predicted octanol–water partition coefficient (Wildman–Crippen LogP) is 3.77. The van der Waals surface area contributed by atoms with Crippen LogP contribution >= 0.6 is 0 Å². The highest BCUT2D eigenvalue weighted by molar-refractivity contribution is 5.74. The second-order valence-electron chi connectivity index (χ2n) is 5.88. The standard InChI is InChI=1S/C22H25N3O4/c1-4-19(29-17(3)22(26)27-14-15-28-24-5-2)11-7-6-10-18-16-23-20-12-8-9-13-21(20)25-18/h4-9,11-13,16-17H,1,10,14-15H2,2-3H3/b7-6+,19-11+,24-5?. The summed E-state index contributed by atoms with van der Waals surface area (Å²) in [5, 5.41) is 3.57. The maximum absolute atomic E-state index is 11.9. The van der Waals surface area contributed by atoms with Gasteiger partial charge in [-0.05, 0) is 38.1 Å². The molecular weight excluding hydrogens is 370 g/mol. The van der Waals surface area contributed by atoms with Crippen molar-refractivity contribution in [3.8, 4) is 0 Å². The molecule has 0 spiro atoms. The van der Waals surface area contributed by atoms with Crippen LogP contribution in [0.2, 0.25) is 0 Å². The maximum Gasteiger partial charge on any atom is 0.347 e. The Bertz CT molecular complexity index is 906. The van der Waals surface area contributed by atoms with E-state index in [1.165, 1.54) is 12.3 Å². The number of allylic oxidation sites excluding steroid dienone is 4. The van der Waals surface area contributed by atoms with Crippen LogP contribution in [0.5, 0.6) is 0 Å². The molecule has 0 N–H and O–H groups in total. The molecule has 29 heavy (non-hydrogen) atoms. The number of hydrogen-bond donors (Lipinski definition) is 0. The van der Waals surface area contributed by atoms with E-state index < -0.39 is 12.1 Å². The highest BCUT2D eigenvalue weighted by Gasteiger charge is 2.16. The number of hydrogen-bond acceptors (Lipinski definition) is 7. The third kappa shape index (κ3) is 7.57. The fraction of sp³-hybridized carbons (Fsp3) is 0.273. The van der Waals surface area contributed by atoms with Crippen LogP contribution in [0.25, 0.3) is 11.0 Å². The Labute approximate surface area is 170 Å². The number of aromatic nitrogens is 2. The van der Waals surface area contributed by atoms with Gasteiger partial charge in [-0.25, -0.2) is 9.78 Å². The van der Waals surface area contributed by atoms with Gasteiger partial charge in [-0.3, -0.25) is 4.98 Å². The number of esters is 1. The fourth-order valence-corrected chi connectivity index (χ4v) is 2.28. The molecule has 1 aromatic heterocycles. The highest BCUT2D eigenvalue weighted by Crippen LogP contribution is 2.10. The average molecular weight is 395 g/mol. The first-order valence-electron chi connectivity index (χ1n) is 9.27. The SMILES string of the molecule is C=C/C(=C\C=C\Cc1cnc2ccccc2n1)OC(C)C(=O)OCCON=CC. The molecule has 2 rings (SSSR count). The molecule has 1 aromatic carbocycles. The minimum absolute atomic E-state index is 0.101. The van der Waals surface area contributed by atoms with Gasteiger partial charge in [-0.2, -0.15) is 0 Å². The molecule has 0 bridgehead atoms. The van der Waals surface area contributed by atoms with Crippen molar-refractivity contribution in [2.75, 3.05) is 13.2 Å². The summed E-state index contributed by atoms with van der Waals surface area (Å²) in [5.74, 6) is -0.0284. The minimum atomic E-state index is -0.770. The zero-order chi connectivity index (χ0) is 20.9. The van der Waals surface area contributed by atoms with Crippen LogP contribution in [0.3, 0.4) is 0 Å². The maximum atomic E-state index is 11.9. The summed E-state index contributed by atoms with van der Waals surface area (Å²) in [4.78, 5) is 25.7. The van der Waals surface area contributed by atoms with Gasteiger partial charge < -0.3 is 14.3 Å². The van der Waals surface area contributed by atoms with E-state index in [2.05, 4.69) is 21.7 Å². The van der Waals surface area contributed by atoms with Gasteiger partial charge in [-0.1, -0.05) is 36.0 Å². The first-order valence-corrected chi connectivity index (χ1v) is 9.27. The summed E-state index contributed by atoms with van der Waals surface area (Å²) in [6, 6.07) is 7.73. The van der Waals surface area contributed by atoms with Crippen LogP contribution in [-0.2, 0) is 25.5 Å². The van der Waals surface area contributed by atoms with Crippen molar-refractivity contribution >= 4 is 23.2 Å². The van der Waals surface area contributed by atoms with Crippen LogP contribution in [0, 0.1) is 0 Å². The first-order chi connectivity index (χ1) is 14.1. The molecule has 1 atom stereocenters. The topological polar surface area (TPSA) is 82.9 Å². The van der Waals surface area contributed by atoms with Crippen molar-refractivity contribution in [1.82, 2.24) is 9.97 Å². The molecule has 0 aliphatic rings. The summed E-state index contributed by atoms with van der Waals surface area (Å²) >= 11 is 0. The van der Waals surface area contributed by atoms with Crippen molar-refractivity contribution in [3.05, 3.63) is 72.8 Å². The Hall–Kier alpha value is -3.48. The number of carbonyl (C=O) groups is 1. The van der Waals surface area contributed by atoms with E-state index in [4.69, 9.17) is 14.3 Å². The predicted molar refractivity (Wildman–Crippen MR) is 112 cm³/mol. The van der Waals surface area contributed by atoms with E-state index in [1.807, 2.05) is 36.4 Å². The van der Waals surface area contributed by atoms with E-state index in [-0.39, 0.29) is 13.2 Å². The number of fused-ring (bicyclic) bond motifs is 1. The largest absolute Gasteiger partial charge is 0.479 e. The monoisotopic (exact) mass is 395 g/mol. The van der Waals surface area contributed by atoms with Crippen LogP contribution in [0.15, 0.2) is 72.3 Å². The average Bonchev–Trinajstić information content (AvgIpc) is 2.75. The number of ether oxygens (including phenoxy) is 2. The van der Waals surface area contributed by atoms with Crippen molar-refractivity contribution in [2.45, 2.75) is 26.4 Å². The van der Waals surface area contributed by atoms with Crippen LogP contribution in [0.1, 0.15) is 19.5 Å². The number of carbonyl (C=O) groups excluding carboxylic acids is 1. The summed E-state index contributed by atoms with van der Waals surface area (Å²) in [7, 11) is 0.